The second-order valence-corrected chi connectivity index (χ2v) is 10.1. The molecule has 1 N–H and O–H groups in total. The Bertz CT molecular complexity index is 856. The van der Waals surface area contributed by atoms with Gasteiger partial charge < -0.3 is 0 Å². The molecule has 1 rings (SSSR count). The molecule has 0 amide bonds. The summed E-state index contributed by atoms with van der Waals surface area (Å²) in [7, 11) is -13.1. The van der Waals surface area contributed by atoms with Crippen molar-refractivity contribution < 1.29 is 29.8 Å². The van der Waals surface area contributed by atoms with Crippen LogP contribution in [0, 0.1) is 0 Å². The summed E-state index contributed by atoms with van der Waals surface area (Å²) in [5.41, 5.74) is -0.147. The zero-order chi connectivity index (χ0) is 17.2. The largest absolute Gasteiger partial charge is 0.294 e. The molecule has 0 aliphatic heterocycles. The highest BCUT2D eigenvalue weighted by molar-refractivity contribution is 8.11. The molecule has 7 nitrogen and oxygen atoms in total. The van der Waals surface area contributed by atoms with Crippen molar-refractivity contribution in [1.29, 1.82) is 0 Å². The van der Waals surface area contributed by atoms with E-state index < -0.39 is 45.7 Å². The minimum absolute atomic E-state index is 0.147. The number of hydrogen-bond donors (Lipinski definition) is 1. The van der Waals surface area contributed by atoms with E-state index in [0.717, 1.165) is 6.07 Å². The monoisotopic (exact) mass is 366 g/mol. The zero-order valence-electron chi connectivity index (χ0n) is 11.3. The van der Waals surface area contributed by atoms with Crippen molar-refractivity contribution in [2.45, 2.75) is 15.9 Å². The Morgan fingerprint density at radius 1 is 0.955 bits per heavy atom. The molecule has 0 aliphatic rings. The lowest BCUT2D eigenvalue weighted by Crippen LogP contribution is -2.30. The van der Waals surface area contributed by atoms with Crippen LogP contribution in [0.4, 0.5) is 0 Å². The Labute approximate surface area is 129 Å². The van der Waals surface area contributed by atoms with Crippen LogP contribution in [0.2, 0.25) is 0 Å². The summed E-state index contributed by atoms with van der Waals surface area (Å²) >= 11 is 0. The molecule has 0 aromatic heterocycles. The Morgan fingerprint density at radius 2 is 1.41 bits per heavy atom. The van der Waals surface area contributed by atoms with Crippen molar-refractivity contribution in [3.63, 3.8) is 0 Å². The molecule has 0 saturated carbocycles. The molecule has 1 aromatic rings. The fourth-order valence-corrected chi connectivity index (χ4v) is 5.69. The summed E-state index contributed by atoms with van der Waals surface area (Å²) in [4.78, 5) is -0.557. The maximum absolute atomic E-state index is 11.9. The first-order chi connectivity index (χ1) is 9.95. The molecule has 0 fully saturated rings. The molecule has 122 valence electrons. The molecule has 1 aromatic carbocycles. The maximum Gasteiger partial charge on any atom is 0.294 e. The van der Waals surface area contributed by atoms with Crippen LogP contribution < -0.4 is 0 Å². The number of benzene rings is 1. The normalized spacial score (nSPS) is 13.0. The highest BCUT2D eigenvalue weighted by Crippen LogP contribution is 2.23. The first-order valence-electron chi connectivity index (χ1n) is 5.74. The fourth-order valence-electron chi connectivity index (χ4n) is 1.74. The second-order valence-electron chi connectivity index (χ2n) is 4.23. The third kappa shape index (κ3) is 4.03. The van der Waals surface area contributed by atoms with Gasteiger partial charge in [0.1, 0.15) is 0 Å². The highest BCUT2D eigenvalue weighted by Gasteiger charge is 2.35. The topological polar surface area (TPSA) is 123 Å². The third-order valence-corrected chi connectivity index (χ3v) is 8.13. The van der Waals surface area contributed by atoms with Gasteiger partial charge in [0.25, 0.3) is 10.1 Å². The van der Waals surface area contributed by atoms with Gasteiger partial charge in [0.05, 0.1) is 4.90 Å². The van der Waals surface area contributed by atoms with E-state index in [1.165, 1.54) is 18.2 Å². The van der Waals surface area contributed by atoms with Gasteiger partial charge in [0.15, 0.2) is 24.3 Å². The van der Waals surface area contributed by atoms with Gasteiger partial charge in [0, 0.05) is 17.2 Å². The van der Waals surface area contributed by atoms with Crippen LogP contribution in [0.5, 0.6) is 0 Å². The number of rotatable bonds is 7. The molecule has 22 heavy (non-hydrogen) atoms. The van der Waals surface area contributed by atoms with Gasteiger partial charge >= 0.3 is 0 Å². The summed E-state index contributed by atoms with van der Waals surface area (Å²) < 4.78 is 77.4. The third-order valence-electron chi connectivity index (χ3n) is 2.83. The van der Waals surface area contributed by atoms with Crippen molar-refractivity contribution in [3.8, 4) is 0 Å². The molecular weight excluding hydrogens is 352 g/mol. The molecule has 0 bridgehead atoms. The lowest BCUT2D eigenvalue weighted by atomic mass is 10.2. The minimum atomic E-state index is -4.62. The summed E-state index contributed by atoms with van der Waals surface area (Å²) in [6.07, 6.45) is -0.668. The Balaban J connectivity index is 3.54. The van der Waals surface area contributed by atoms with Crippen molar-refractivity contribution in [2.24, 2.45) is 0 Å². The minimum Gasteiger partial charge on any atom is -0.282 e. The van der Waals surface area contributed by atoms with Crippen molar-refractivity contribution in [3.05, 3.63) is 53.8 Å². The van der Waals surface area contributed by atoms with Crippen LogP contribution in [-0.2, 0) is 36.2 Å². The molecule has 0 radical (unpaired) electrons. The quantitative estimate of drug-likeness (QED) is 0.712. The lowest BCUT2D eigenvalue weighted by molar-refractivity contribution is 0.481. The molecule has 10 heteroatoms. The van der Waals surface area contributed by atoms with E-state index in [-0.39, 0.29) is 5.56 Å². The van der Waals surface area contributed by atoms with Crippen molar-refractivity contribution in [1.82, 2.24) is 0 Å². The Kier molecular flexibility index (Phi) is 5.34. The SMILES string of the molecule is C=CS(=O)(=O)C(Cc1ccccc1S(=O)(=O)O)S(=O)(=O)C=C. The summed E-state index contributed by atoms with van der Waals surface area (Å²) in [6.45, 7) is 6.12. The summed E-state index contributed by atoms with van der Waals surface area (Å²) in [6, 6.07) is 4.96. The molecule has 0 unspecified atom stereocenters. The molecule has 0 atom stereocenters. The van der Waals surface area contributed by atoms with Crippen LogP contribution >= 0.6 is 0 Å². The van der Waals surface area contributed by atoms with Crippen LogP contribution in [0.1, 0.15) is 5.56 Å². The van der Waals surface area contributed by atoms with Crippen LogP contribution in [-0.4, -0.2) is 34.4 Å². The van der Waals surface area contributed by atoms with Gasteiger partial charge in [-0.15, -0.1) is 0 Å². The van der Waals surface area contributed by atoms with Gasteiger partial charge in [0.2, 0.25) is 0 Å². The van der Waals surface area contributed by atoms with Crippen molar-refractivity contribution >= 4 is 29.8 Å². The maximum atomic E-state index is 11.9. The van der Waals surface area contributed by atoms with E-state index in [2.05, 4.69) is 13.2 Å². The van der Waals surface area contributed by atoms with E-state index in [1.807, 2.05) is 0 Å². The van der Waals surface area contributed by atoms with Gasteiger partial charge in [-0.2, -0.15) is 8.42 Å². The van der Waals surface area contributed by atoms with Gasteiger partial charge in [-0.05, 0) is 11.6 Å². The molecular formula is C12H14O7S3. The molecule has 0 aliphatic carbocycles. The van der Waals surface area contributed by atoms with Gasteiger partial charge in [-0.25, -0.2) is 16.8 Å². The van der Waals surface area contributed by atoms with E-state index in [0.29, 0.717) is 10.8 Å². The average molecular weight is 366 g/mol. The Hall–Kier alpha value is -1.49. The predicted molar refractivity (Wildman–Crippen MR) is 82.0 cm³/mol. The highest BCUT2D eigenvalue weighted by atomic mass is 32.3. The summed E-state index contributed by atoms with van der Waals surface area (Å²) in [5.74, 6) is 0. The average Bonchev–Trinajstić information content (AvgIpc) is 2.43. The smallest absolute Gasteiger partial charge is 0.282 e. The first-order valence-corrected chi connectivity index (χ1v) is 10.4. The fraction of sp³-hybridized carbons (Fsp3) is 0.167. The molecule has 0 saturated heterocycles. The molecule has 0 spiro atoms. The molecule has 0 heterocycles. The Morgan fingerprint density at radius 3 is 1.82 bits per heavy atom. The lowest BCUT2D eigenvalue weighted by Gasteiger charge is -2.15. The summed E-state index contributed by atoms with van der Waals surface area (Å²) in [5, 5.41) is 0.962. The van der Waals surface area contributed by atoms with Gasteiger partial charge in [-0.3, -0.25) is 4.55 Å². The van der Waals surface area contributed by atoms with E-state index in [1.54, 1.807) is 0 Å². The van der Waals surface area contributed by atoms with E-state index >= 15 is 0 Å². The first kappa shape index (κ1) is 18.6. The van der Waals surface area contributed by atoms with Crippen LogP contribution in [0.25, 0.3) is 0 Å². The van der Waals surface area contributed by atoms with E-state index in [9.17, 15) is 25.3 Å². The zero-order valence-corrected chi connectivity index (χ0v) is 13.7. The number of hydrogen-bond acceptors (Lipinski definition) is 6. The van der Waals surface area contributed by atoms with Crippen LogP contribution in [0.15, 0.2) is 53.1 Å². The standard InChI is InChI=1S/C12H14O7S3/c1-3-20(13,14)12(21(15,16)4-2)9-10-7-5-6-8-11(10)22(17,18)19/h3-8,12H,1-2,9H2,(H,17,18,19). The van der Waals surface area contributed by atoms with E-state index in [4.69, 9.17) is 4.55 Å². The van der Waals surface area contributed by atoms with Crippen LogP contribution in [0.3, 0.4) is 0 Å². The second kappa shape index (κ2) is 6.32. The predicted octanol–water partition coefficient (Wildman–Crippen LogP) is 0.919. The van der Waals surface area contributed by atoms with Crippen molar-refractivity contribution in [2.75, 3.05) is 0 Å². The van der Waals surface area contributed by atoms with Gasteiger partial charge in [-0.1, -0.05) is 31.4 Å². The number of sulfone groups is 2.